The number of aliphatic hydroxyl groups is 1. The second-order valence-electron chi connectivity index (χ2n) is 24.6. The van der Waals surface area contributed by atoms with Crippen LogP contribution in [0.25, 0.3) is 0 Å². The fourth-order valence-electron chi connectivity index (χ4n) is 10.6. The molecule has 0 heterocycles. The number of hydrogen-bond donors (Lipinski definition) is 3. The van der Waals surface area contributed by atoms with E-state index in [9.17, 15) is 19.4 Å². The van der Waals surface area contributed by atoms with Gasteiger partial charge in [0.05, 0.1) is 39.9 Å². The van der Waals surface area contributed by atoms with Gasteiger partial charge in [-0.15, -0.1) is 0 Å². The Hall–Kier alpha value is -0.500. The molecule has 1 amide bonds. The van der Waals surface area contributed by atoms with E-state index >= 15 is 0 Å². The summed E-state index contributed by atoms with van der Waals surface area (Å²) in [6.07, 6.45) is 70.7. The van der Waals surface area contributed by atoms with Crippen molar-refractivity contribution in [3.63, 3.8) is 0 Å². The molecule has 0 aliphatic carbocycles. The highest BCUT2D eigenvalue weighted by molar-refractivity contribution is 7.47. The van der Waals surface area contributed by atoms with Gasteiger partial charge >= 0.3 is 7.82 Å². The molecule has 8 nitrogen and oxygen atoms in total. The van der Waals surface area contributed by atoms with Gasteiger partial charge in [0.25, 0.3) is 0 Å². The summed E-state index contributed by atoms with van der Waals surface area (Å²) in [6, 6.07) is -0.755. The van der Waals surface area contributed by atoms with Crippen LogP contribution in [0.4, 0.5) is 0 Å². The summed E-state index contributed by atoms with van der Waals surface area (Å²) in [5, 5.41) is 14.1. The molecule has 0 aromatic rings. The van der Waals surface area contributed by atoms with Crippen molar-refractivity contribution in [2.24, 2.45) is 0 Å². The predicted octanol–water partition coefficient (Wildman–Crippen LogP) is 20.8. The zero-order valence-corrected chi connectivity index (χ0v) is 51.8. The van der Waals surface area contributed by atoms with Crippen LogP contribution in [0, 0.1) is 0 Å². The fraction of sp³-hybridized carbons (Fsp3) is 0.985. The number of nitrogens with one attached hydrogen (secondary N) is 1. The molecule has 0 aromatic heterocycles. The molecule has 9 heteroatoms. The van der Waals surface area contributed by atoms with Gasteiger partial charge in [0.2, 0.25) is 5.91 Å². The molecule has 74 heavy (non-hydrogen) atoms. The van der Waals surface area contributed by atoms with Crippen molar-refractivity contribution in [3.05, 3.63) is 0 Å². The van der Waals surface area contributed by atoms with Crippen LogP contribution < -0.4 is 5.32 Å². The van der Waals surface area contributed by atoms with Gasteiger partial charge in [-0.25, -0.2) is 4.57 Å². The van der Waals surface area contributed by atoms with Gasteiger partial charge < -0.3 is 19.8 Å². The molecule has 0 aliphatic heterocycles. The Morgan fingerprint density at radius 1 is 0.405 bits per heavy atom. The van der Waals surface area contributed by atoms with Crippen molar-refractivity contribution < 1.29 is 32.9 Å². The molecule has 0 aliphatic rings. The summed E-state index contributed by atoms with van der Waals surface area (Å²) in [5.74, 6) is -0.135. The van der Waals surface area contributed by atoms with Crippen LogP contribution >= 0.6 is 7.82 Å². The summed E-state index contributed by atoms with van der Waals surface area (Å²) in [5.41, 5.74) is 0. The van der Waals surface area contributed by atoms with E-state index in [0.29, 0.717) is 23.9 Å². The van der Waals surface area contributed by atoms with Crippen molar-refractivity contribution in [2.45, 2.75) is 373 Å². The molecular weight excluding hydrogens is 936 g/mol. The van der Waals surface area contributed by atoms with Gasteiger partial charge in [-0.1, -0.05) is 341 Å². The average Bonchev–Trinajstić information content (AvgIpc) is 3.36. The lowest BCUT2D eigenvalue weighted by molar-refractivity contribution is -0.870. The van der Waals surface area contributed by atoms with Crippen LogP contribution in [0.2, 0.25) is 0 Å². The lowest BCUT2D eigenvalue weighted by atomic mass is 10.0. The van der Waals surface area contributed by atoms with E-state index in [4.69, 9.17) is 9.05 Å². The number of carbonyl (C=O) groups excluding carboxylic acids is 1. The summed E-state index contributed by atoms with van der Waals surface area (Å²) in [6.45, 7) is 4.95. The fourth-order valence-corrected chi connectivity index (χ4v) is 11.4. The van der Waals surface area contributed by atoms with Gasteiger partial charge in [0.15, 0.2) is 0 Å². The molecule has 444 valence electrons. The Morgan fingerprint density at radius 3 is 0.905 bits per heavy atom. The zero-order chi connectivity index (χ0) is 54.2. The number of nitrogens with zero attached hydrogens (tertiary/aromatic N) is 1. The van der Waals surface area contributed by atoms with Crippen molar-refractivity contribution >= 4 is 13.7 Å². The van der Waals surface area contributed by atoms with Gasteiger partial charge in [-0.2, -0.15) is 0 Å². The van der Waals surface area contributed by atoms with Crippen LogP contribution in [-0.2, 0) is 18.4 Å². The first-order valence-electron chi connectivity index (χ1n) is 33.4. The lowest BCUT2D eigenvalue weighted by Gasteiger charge is -2.26. The summed E-state index contributed by atoms with van der Waals surface area (Å²) >= 11 is 0. The first-order chi connectivity index (χ1) is 36.0. The molecule has 3 atom stereocenters. The minimum Gasteiger partial charge on any atom is -0.391 e. The van der Waals surface area contributed by atoms with Crippen LogP contribution in [0.5, 0.6) is 0 Å². The van der Waals surface area contributed by atoms with E-state index in [0.717, 1.165) is 38.5 Å². The van der Waals surface area contributed by atoms with Gasteiger partial charge in [-0.05, 0) is 12.8 Å². The SMILES string of the molecule is CCCCCCCCCCCCCCCCCCCCCCCCCCCCCCCCCCCCCCCC(=O)NC(COP(=O)(O)OCC[N+](C)(C)C)C(O)CCCCCCCCCCCCCCCCC. The predicted molar refractivity (Wildman–Crippen MR) is 323 cm³/mol. The van der Waals surface area contributed by atoms with Crippen molar-refractivity contribution in [1.29, 1.82) is 0 Å². The monoisotopic (exact) mass is 1070 g/mol. The number of hydrogen-bond acceptors (Lipinski definition) is 5. The number of amides is 1. The molecule has 0 bridgehead atoms. The molecule has 0 saturated carbocycles. The van der Waals surface area contributed by atoms with E-state index in [1.165, 1.54) is 295 Å². The first-order valence-corrected chi connectivity index (χ1v) is 34.9. The number of carbonyl (C=O) groups is 1. The Labute approximate surface area is 463 Å². The minimum absolute atomic E-state index is 0.0791. The van der Waals surface area contributed by atoms with E-state index in [2.05, 4.69) is 19.2 Å². The Balaban J connectivity index is 3.85. The van der Waals surface area contributed by atoms with Gasteiger partial charge in [-0.3, -0.25) is 13.8 Å². The first kappa shape index (κ1) is 73.5. The maximum absolute atomic E-state index is 13.0. The average molecular weight is 1070 g/mol. The molecule has 3 unspecified atom stereocenters. The molecule has 0 spiro atoms. The van der Waals surface area contributed by atoms with E-state index in [1.807, 2.05) is 21.1 Å². The summed E-state index contributed by atoms with van der Waals surface area (Å²) < 4.78 is 23.8. The third-order valence-electron chi connectivity index (χ3n) is 15.9. The smallest absolute Gasteiger partial charge is 0.391 e. The quantitative estimate of drug-likeness (QED) is 0.0318. The number of quaternary nitrogens is 1. The van der Waals surface area contributed by atoms with E-state index in [1.54, 1.807) is 0 Å². The Bertz CT molecular complexity index is 1170. The highest BCUT2D eigenvalue weighted by atomic mass is 31.2. The summed E-state index contributed by atoms with van der Waals surface area (Å²) in [4.78, 5) is 23.4. The van der Waals surface area contributed by atoms with Crippen LogP contribution in [0.3, 0.4) is 0 Å². The standard InChI is InChI=1S/C65H133N2O6P/c1-6-8-10-12-14-16-18-20-22-23-24-25-26-27-28-29-30-31-32-33-34-35-36-37-38-39-40-41-42-43-45-47-49-51-53-55-57-59-65(69)66-63(62-73-74(70,71)72-61-60-67(3,4)5)64(68)58-56-54-52-50-48-46-44-21-19-17-15-13-11-9-7-2/h63-64,68H,6-62H2,1-5H3,(H-,66,69,70,71)/p+1. The largest absolute Gasteiger partial charge is 0.472 e. The zero-order valence-electron chi connectivity index (χ0n) is 50.9. The number of unbranched alkanes of at least 4 members (excludes halogenated alkanes) is 50. The van der Waals surface area contributed by atoms with Crippen molar-refractivity contribution in [2.75, 3.05) is 40.9 Å². The Morgan fingerprint density at radius 2 is 0.649 bits per heavy atom. The number of likely N-dealkylation sites (N-methyl/N-ethyl adjacent to an activating group) is 1. The molecule has 0 rings (SSSR count). The normalized spacial score (nSPS) is 13.7. The molecule has 0 radical (unpaired) electrons. The molecule has 0 fully saturated rings. The number of phosphoric ester groups is 1. The van der Waals surface area contributed by atoms with Crippen molar-refractivity contribution in [3.8, 4) is 0 Å². The molecule has 3 N–H and O–H groups in total. The molecule has 0 aromatic carbocycles. The topological polar surface area (TPSA) is 105 Å². The number of rotatable bonds is 63. The van der Waals surface area contributed by atoms with Crippen LogP contribution in [0.1, 0.15) is 361 Å². The van der Waals surface area contributed by atoms with Gasteiger partial charge in [0.1, 0.15) is 13.2 Å². The maximum Gasteiger partial charge on any atom is 0.472 e. The lowest BCUT2D eigenvalue weighted by Crippen LogP contribution is -2.46. The molecular formula is C65H134N2O6P+. The van der Waals surface area contributed by atoms with Gasteiger partial charge in [0, 0.05) is 6.42 Å². The third kappa shape index (κ3) is 59.2. The Kier molecular flexibility index (Phi) is 56.8. The highest BCUT2D eigenvalue weighted by Crippen LogP contribution is 2.43. The van der Waals surface area contributed by atoms with E-state index < -0.39 is 20.0 Å². The third-order valence-corrected chi connectivity index (χ3v) is 16.8. The maximum atomic E-state index is 13.0. The second kappa shape index (κ2) is 57.2. The second-order valence-corrected chi connectivity index (χ2v) is 26.0. The summed E-state index contributed by atoms with van der Waals surface area (Å²) in [7, 11) is 1.64. The van der Waals surface area contributed by atoms with E-state index in [-0.39, 0.29) is 19.1 Å². The minimum atomic E-state index is -4.32. The van der Waals surface area contributed by atoms with Crippen LogP contribution in [0.15, 0.2) is 0 Å². The highest BCUT2D eigenvalue weighted by Gasteiger charge is 2.28. The number of phosphoric acid groups is 1. The van der Waals surface area contributed by atoms with Crippen LogP contribution in [-0.4, -0.2) is 73.4 Å². The van der Waals surface area contributed by atoms with Crippen molar-refractivity contribution in [1.82, 2.24) is 5.32 Å². The number of aliphatic hydroxyl groups excluding tert-OH is 1. The molecule has 0 saturated heterocycles.